The summed E-state index contributed by atoms with van der Waals surface area (Å²) in [5.41, 5.74) is 0.0808. The SMILES string of the molecule is C=CC1CC1(CC(=O)[C@@H]1C[C@@H]2CN1C(=O)[C@H](C(C)(C)C)CC(=O)OCC(C)(C)CCCc1cc3c(nccc3cc1OC)O2)P(C)(=O)O. The van der Waals surface area contributed by atoms with Crippen LogP contribution in [0.1, 0.15) is 78.7 Å². The number of aromatic nitrogens is 1. The van der Waals surface area contributed by atoms with E-state index in [-0.39, 0.29) is 55.4 Å². The van der Waals surface area contributed by atoms with Gasteiger partial charge in [0.2, 0.25) is 19.2 Å². The van der Waals surface area contributed by atoms with Crippen molar-refractivity contribution in [3.63, 3.8) is 0 Å². The third kappa shape index (κ3) is 7.35. The number of Topliss-reactive ketones (excluding diaryl/α,β-unsaturated/α-hetero) is 1. The summed E-state index contributed by atoms with van der Waals surface area (Å²) in [6.45, 7) is 15.2. The summed E-state index contributed by atoms with van der Waals surface area (Å²) < 4.78 is 31.1. The molecule has 1 aliphatic carbocycles. The van der Waals surface area contributed by atoms with Crippen LogP contribution < -0.4 is 9.47 Å². The van der Waals surface area contributed by atoms with Crippen molar-refractivity contribution in [3.8, 4) is 11.6 Å². The van der Waals surface area contributed by atoms with Gasteiger partial charge in [-0.3, -0.25) is 18.9 Å². The number of methoxy groups -OCH3 is 1. The minimum atomic E-state index is -3.67. The lowest BCUT2D eigenvalue weighted by molar-refractivity contribution is -0.155. The highest BCUT2D eigenvalue weighted by atomic mass is 31.2. The first-order valence-electron chi connectivity index (χ1n) is 16.9. The predicted molar refractivity (Wildman–Crippen MR) is 184 cm³/mol. The van der Waals surface area contributed by atoms with Gasteiger partial charge in [0.1, 0.15) is 11.9 Å². The van der Waals surface area contributed by atoms with Crippen LogP contribution in [0.2, 0.25) is 0 Å². The molecule has 2 aliphatic heterocycles. The molecule has 1 saturated heterocycles. The molecule has 0 spiro atoms. The van der Waals surface area contributed by atoms with Gasteiger partial charge in [0.15, 0.2) is 5.78 Å². The number of hydrogen-bond acceptors (Lipinski definition) is 8. The number of carbonyl (C=O) groups is 3. The van der Waals surface area contributed by atoms with Crippen LogP contribution >= 0.6 is 7.37 Å². The molecule has 0 radical (unpaired) electrons. The van der Waals surface area contributed by atoms with E-state index < -0.39 is 42.0 Å². The van der Waals surface area contributed by atoms with Crippen molar-refractivity contribution in [2.75, 3.05) is 26.9 Å². The van der Waals surface area contributed by atoms with Gasteiger partial charge in [0.25, 0.3) is 0 Å². The van der Waals surface area contributed by atoms with E-state index in [2.05, 4.69) is 25.4 Å². The van der Waals surface area contributed by atoms with E-state index >= 15 is 0 Å². The molecule has 48 heavy (non-hydrogen) atoms. The molecule has 1 saturated carbocycles. The molecule has 1 aromatic carbocycles. The van der Waals surface area contributed by atoms with Gasteiger partial charge < -0.3 is 24.0 Å². The Hall–Kier alpha value is -3.23. The second-order valence-electron chi connectivity index (χ2n) is 16.0. The van der Waals surface area contributed by atoms with Gasteiger partial charge in [-0.05, 0) is 71.6 Å². The first kappa shape index (κ1) is 36.1. The van der Waals surface area contributed by atoms with Gasteiger partial charge in [-0.1, -0.05) is 40.7 Å². The van der Waals surface area contributed by atoms with Crippen molar-refractivity contribution in [3.05, 3.63) is 42.6 Å². The number of fused-ring (bicyclic) bond motifs is 3. The van der Waals surface area contributed by atoms with Crippen LogP contribution in [0.5, 0.6) is 11.6 Å². The third-order valence-electron chi connectivity index (χ3n) is 10.7. The maximum atomic E-state index is 14.5. The van der Waals surface area contributed by atoms with Gasteiger partial charge >= 0.3 is 5.97 Å². The maximum absolute atomic E-state index is 14.5. The summed E-state index contributed by atoms with van der Waals surface area (Å²) in [4.78, 5) is 58.7. The average molecular weight is 683 g/mol. The number of ketones is 1. The van der Waals surface area contributed by atoms with E-state index in [9.17, 15) is 23.8 Å². The summed E-state index contributed by atoms with van der Waals surface area (Å²) in [6, 6.07) is 5.00. The summed E-state index contributed by atoms with van der Waals surface area (Å²) >= 11 is 0. The number of carbonyl (C=O) groups excluding carboxylic acids is 3. The Morgan fingerprint density at radius 1 is 1.27 bits per heavy atom. The molecule has 3 aliphatic rings. The van der Waals surface area contributed by atoms with E-state index in [4.69, 9.17) is 14.2 Å². The highest BCUT2D eigenvalue weighted by Gasteiger charge is 2.63. The number of cyclic esters (lactones) is 1. The Morgan fingerprint density at radius 2 is 2.00 bits per heavy atom. The zero-order chi connectivity index (χ0) is 35.2. The number of hydrogen-bond donors (Lipinski definition) is 1. The van der Waals surface area contributed by atoms with Crippen molar-refractivity contribution in [2.45, 2.75) is 96.9 Å². The molecule has 3 unspecified atom stereocenters. The fourth-order valence-corrected chi connectivity index (χ4v) is 9.16. The normalized spacial score (nSPS) is 29.3. The van der Waals surface area contributed by atoms with Crippen LogP contribution in [0.15, 0.2) is 37.1 Å². The zero-order valence-electron chi connectivity index (χ0n) is 29.4. The Balaban J connectivity index is 1.56. The molecule has 3 heterocycles. The van der Waals surface area contributed by atoms with Crippen LogP contribution in [0, 0.1) is 22.7 Å². The van der Waals surface area contributed by atoms with Crippen molar-refractivity contribution < 1.29 is 38.1 Å². The van der Waals surface area contributed by atoms with Crippen molar-refractivity contribution >= 4 is 35.8 Å². The number of amides is 1. The first-order valence-corrected chi connectivity index (χ1v) is 19.0. The molecular formula is C37H51N2O8P. The average Bonchev–Trinajstić information content (AvgIpc) is 3.58. The van der Waals surface area contributed by atoms with Crippen LogP contribution in [-0.4, -0.2) is 76.7 Å². The van der Waals surface area contributed by atoms with Gasteiger partial charge in [0.05, 0.1) is 43.8 Å². The quantitative estimate of drug-likeness (QED) is 0.210. The minimum absolute atomic E-state index is 0.103. The van der Waals surface area contributed by atoms with Crippen LogP contribution in [0.25, 0.3) is 10.8 Å². The Labute approximate surface area is 284 Å². The van der Waals surface area contributed by atoms with E-state index in [0.29, 0.717) is 12.3 Å². The van der Waals surface area contributed by atoms with Crippen LogP contribution in [0.3, 0.4) is 0 Å². The molecule has 2 aromatic rings. The molecule has 10 nitrogen and oxygen atoms in total. The fourth-order valence-electron chi connectivity index (χ4n) is 7.45. The molecule has 1 N–H and O–H groups in total. The zero-order valence-corrected chi connectivity index (χ0v) is 30.3. The number of pyridine rings is 1. The van der Waals surface area contributed by atoms with Crippen molar-refractivity contribution in [2.24, 2.45) is 22.7 Å². The van der Waals surface area contributed by atoms with Crippen molar-refractivity contribution in [1.29, 1.82) is 0 Å². The number of esters is 1. The second-order valence-corrected chi connectivity index (χ2v) is 18.6. The topological polar surface area (TPSA) is 132 Å². The van der Waals surface area contributed by atoms with E-state index in [1.807, 2.05) is 39.0 Å². The van der Waals surface area contributed by atoms with Crippen LogP contribution in [0.4, 0.5) is 0 Å². The monoisotopic (exact) mass is 682 g/mol. The number of ether oxygens (including phenoxy) is 3. The molecule has 5 rings (SSSR count). The van der Waals surface area contributed by atoms with E-state index in [0.717, 1.165) is 41.3 Å². The molecule has 262 valence electrons. The molecular weight excluding hydrogens is 631 g/mol. The fraction of sp³-hybridized carbons (Fsp3) is 0.622. The maximum Gasteiger partial charge on any atom is 0.306 e. The van der Waals surface area contributed by atoms with Gasteiger partial charge in [0, 0.05) is 31.1 Å². The van der Waals surface area contributed by atoms with Crippen molar-refractivity contribution in [1.82, 2.24) is 9.88 Å². The second kappa shape index (κ2) is 13.2. The highest BCUT2D eigenvalue weighted by Crippen LogP contribution is 2.71. The van der Waals surface area contributed by atoms with Gasteiger partial charge in [-0.25, -0.2) is 4.98 Å². The molecule has 1 aromatic heterocycles. The Morgan fingerprint density at radius 3 is 2.62 bits per heavy atom. The third-order valence-corrected chi connectivity index (χ3v) is 13.0. The Bertz CT molecular complexity index is 1640. The lowest BCUT2D eigenvalue weighted by atomic mass is 9.77. The van der Waals surface area contributed by atoms with E-state index in [1.165, 1.54) is 11.6 Å². The lowest BCUT2D eigenvalue weighted by Gasteiger charge is -2.35. The predicted octanol–water partition coefficient (Wildman–Crippen LogP) is 6.35. The lowest BCUT2D eigenvalue weighted by Crippen LogP contribution is -2.48. The summed E-state index contributed by atoms with van der Waals surface area (Å²) in [6.07, 6.45) is 5.39. The first-order chi connectivity index (χ1) is 22.4. The van der Waals surface area contributed by atoms with Crippen LogP contribution in [-0.2, 0) is 30.1 Å². The number of nitrogens with zero attached hydrogens (tertiary/aromatic N) is 2. The largest absolute Gasteiger partial charge is 0.496 e. The molecule has 6 atom stereocenters. The summed E-state index contributed by atoms with van der Waals surface area (Å²) in [5, 5.41) is 0.612. The number of rotatable bonds is 6. The molecule has 1 amide bonds. The smallest absolute Gasteiger partial charge is 0.306 e. The summed E-state index contributed by atoms with van der Waals surface area (Å²) in [7, 11) is -2.02. The summed E-state index contributed by atoms with van der Waals surface area (Å²) in [5.74, 6) is -0.952. The number of benzene rings is 1. The van der Waals surface area contributed by atoms with Gasteiger partial charge in [-0.2, -0.15) is 0 Å². The van der Waals surface area contributed by atoms with E-state index in [1.54, 1.807) is 19.4 Å². The number of allylic oxidation sites excluding steroid dienone is 1. The number of aryl methyl sites for hydroxylation is 1. The Kier molecular flexibility index (Phi) is 9.95. The minimum Gasteiger partial charge on any atom is -0.496 e. The standard InChI is InChI=1S/C37H51N2O8P/c1-9-25-19-37(25,48(8,43)44)20-30(40)29-17-26-21-39(29)34(42)28(35(2,3)4)18-32(41)46-22-36(5,6)13-10-11-24-15-27-23(16-31(24)45-7)12-14-38-33(27)47-26/h9,12,14-16,25-26,28-29H,1,10-11,13,17-22H2,2-8H3,(H,43,44)/t25?,26-,28-,29+,37?/m1/s1. The molecule has 2 fully saturated rings. The molecule has 4 bridgehead atoms. The van der Waals surface area contributed by atoms with Gasteiger partial charge in [-0.15, -0.1) is 6.58 Å². The highest BCUT2D eigenvalue weighted by molar-refractivity contribution is 7.59. The molecule has 11 heteroatoms.